The number of aliphatic hydroxyl groups excluding tert-OH is 2. The maximum atomic E-state index is 11.0. The number of hydrogen-bond donors (Lipinski definition) is 3. The van der Waals surface area contributed by atoms with Crippen LogP contribution in [0.3, 0.4) is 0 Å². The van der Waals surface area contributed by atoms with Gasteiger partial charge in [0.15, 0.2) is 0 Å². The Bertz CT molecular complexity index is 1310. The minimum atomic E-state index is -0.860. The van der Waals surface area contributed by atoms with E-state index in [1.165, 1.54) is 0 Å². The molecule has 0 heterocycles. The monoisotopic (exact) mass is 494 g/mol. The van der Waals surface area contributed by atoms with Crippen molar-refractivity contribution in [2.24, 2.45) is 5.92 Å². The van der Waals surface area contributed by atoms with E-state index >= 15 is 0 Å². The van der Waals surface area contributed by atoms with Crippen LogP contribution < -0.4 is 0 Å². The Labute approximate surface area is 218 Å². The highest BCUT2D eigenvalue weighted by Gasteiger charge is 2.24. The maximum Gasteiger partial charge on any atom is 0.123 e. The van der Waals surface area contributed by atoms with E-state index in [0.29, 0.717) is 19.4 Å². The number of phenols is 1. The average Bonchev–Trinajstić information content (AvgIpc) is 2.94. The van der Waals surface area contributed by atoms with Crippen molar-refractivity contribution in [2.45, 2.75) is 31.7 Å². The van der Waals surface area contributed by atoms with E-state index in [1.807, 2.05) is 78.9 Å². The van der Waals surface area contributed by atoms with Crippen LogP contribution in [-0.2, 0) is 11.3 Å². The zero-order chi connectivity index (χ0) is 26.0. The van der Waals surface area contributed by atoms with E-state index in [-0.39, 0.29) is 12.4 Å². The van der Waals surface area contributed by atoms with Crippen LogP contribution in [0.25, 0.3) is 22.4 Å². The third-order valence-corrected chi connectivity index (χ3v) is 6.68. The Kier molecular flexibility index (Phi) is 9.28. The molecule has 4 aromatic rings. The van der Waals surface area contributed by atoms with Gasteiger partial charge in [0.2, 0.25) is 0 Å². The zero-order valence-electron chi connectivity index (χ0n) is 20.9. The SMILES string of the molecule is C=C[C@H]([C@H](O)CC/C(=C/c1ccc(O)c2ccccc12)c1ccccc1)[C@H](O)COCc1ccccc1. The molecule has 3 N–H and O–H groups in total. The van der Waals surface area contributed by atoms with Crippen LogP contribution in [0.4, 0.5) is 0 Å². The number of ether oxygens (including phenoxy) is 1. The average molecular weight is 495 g/mol. The highest BCUT2D eigenvalue weighted by molar-refractivity contribution is 5.98. The lowest BCUT2D eigenvalue weighted by atomic mass is 9.89. The van der Waals surface area contributed by atoms with Gasteiger partial charge in [0.1, 0.15) is 5.75 Å². The molecule has 0 aliphatic heterocycles. The molecular weight excluding hydrogens is 460 g/mol. The number of phenolic OH excluding ortho intramolecular Hbond substituents is 1. The van der Waals surface area contributed by atoms with Gasteiger partial charge in [-0.15, -0.1) is 6.58 Å². The molecule has 4 aromatic carbocycles. The van der Waals surface area contributed by atoms with Crippen molar-refractivity contribution in [3.05, 3.63) is 126 Å². The van der Waals surface area contributed by atoms with Crippen LogP contribution in [0.5, 0.6) is 5.75 Å². The number of benzene rings is 4. The smallest absolute Gasteiger partial charge is 0.123 e. The van der Waals surface area contributed by atoms with Crippen LogP contribution in [-0.4, -0.2) is 34.1 Å². The number of hydrogen-bond acceptors (Lipinski definition) is 4. The third kappa shape index (κ3) is 6.95. The van der Waals surface area contributed by atoms with Crippen molar-refractivity contribution in [3.63, 3.8) is 0 Å². The van der Waals surface area contributed by atoms with Crippen LogP contribution in [0.2, 0.25) is 0 Å². The Morgan fingerprint density at radius 1 is 0.784 bits per heavy atom. The number of rotatable bonds is 12. The second-order valence-electron chi connectivity index (χ2n) is 9.24. The molecule has 4 heteroatoms. The first-order valence-electron chi connectivity index (χ1n) is 12.6. The van der Waals surface area contributed by atoms with Gasteiger partial charge >= 0.3 is 0 Å². The Morgan fingerprint density at radius 3 is 2.14 bits per heavy atom. The molecule has 0 fully saturated rings. The molecule has 4 nitrogen and oxygen atoms in total. The molecule has 0 radical (unpaired) electrons. The van der Waals surface area contributed by atoms with Gasteiger partial charge in [-0.1, -0.05) is 103 Å². The number of aliphatic hydroxyl groups is 2. The van der Waals surface area contributed by atoms with Crippen molar-refractivity contribution in [2.75, 3.05) is 6.61 Å². The van der Waals surface area contributed by atoms with Crippen LogP contribution in [0.1, 0.15) is 29.5 Å². The van der Waals surface area contributed by atoms with E-state index in [1.54, 1.807) is 12.1 Å². The van der Waals surface area contributed by atoms with Crippen LogP contribution in [0.15, 0.2) is 110 Å². The van der Waals surface area contributed by atoms with Crippen molar-refractivity contribution in [1.82, 2.24) is 0 Å². The second-order valence-corrected chi connectivity index (χ2v) is 9.24. The van der Waals surface area contributed by atoms with E-state index in [2.05, 4.69) is 24.8 Å². The number of allylic oxidation sites excluding steroid dienone is 1. The van der Waals surface area contributed by atoms with Gasteiger partial charge in [0.05, 0.1) is 25.4 Å². The fourth-order valence-electron chi connectivity index (χ4n) is 4.62. The van der Waals surface area contributed by atoms with Crippen LogP contribution in [0, 0.1) is 5.92 Å². The Morgan fingerprint density at radius 2 is 1.43 bits per heavy atom. The predicted octanol–water partition coefficient (Wildman–Crippen LogP) is 6.61. The van der Waals surface area contributed by atoms with Crippen molar-refractivity contribution in [3.8, 4) is 5.75 Å². The first-order valence-corrected chi connectivity index (χ1v) is 12.6. The summed E-state index contributed by atoms with van der Waals surface area (Å²) < 4.78 is 5.70. The minimum Gasteiger partial charge on any atom is -0.507 e. The lowest BCUT2D eigenvalue weighted by Gasteiger charge is -2.25. The standard InChI is InChI=1S/C33H34O4/c1-2-28(33(36)23-37-22-24-11-5-3-6-12-24)31(34)19-17-26(25-13-7-4-8-14-25)21-27-18-20-32(35)30-16-10-9-15-29(27)30/h2-16,18,20-21,28,31,33-36H,1,17,19,22-23H2/b26-21-/t28-,31-,33-/m1/s1. The Hall–Kier alpha value is -3.70. The molecule has 0 saturated carbocycles. The fourth-order valence-corrected chi connectivity index (χ4v) is 4.62. The normalized spacial score (nSPS) is 14.3. The lowest BCUT2D eigenvalue weighted by molar-refractivity contribution is -0.0270. The van der Waals surface area contributed by atoms with Gasteiger partial charge in [-0.2, -0.15) is 0 Å². The van der Waals surface area contributed by atoms with E-state index < -0.39 is 18.1 Å². The maximum absolute atomic E-state index is 11.0. The van der Waals surface area contributed by atoms with Gasteiger partial charge < -0.3 is 20.1 Å². The molecule has 0 bridgehead atoms. The molecule has 0 spiro atoms. The van der Waals surface area contributed by atoms with E-state index in [4.69, 9.17) is 4.74 Å². The molecule has 0 aromatic heterocycles. The van der Waals surface area contributed by atoms with Gasteiger partial charge in [-0.05, 0) is 46.6 Å². The van der Waals surface area contributed by atoms with Gasteiger partial charge in [-0.25, -0.2) is 0 Å². The molecule has 190 valence electrons. The summed E-state index contributed by atoms with van der Waals surface area (Å²) in [5.74, 6) is -0.260. The first-order chi connectivity index (χ1) is 18.1. The van der Waals surface area contributed by atoms with E-state index in [9.17, 15) is 15.3 Å². The number of fused-ring (bicyclic) bond motifs is 1. The number of aromatic hydroxyl groups is 1. The molecule has 0 aliphatic rings. The zero-order valence-corrected chi connectivity index (χ0v) is 20.9. The summed E-state index contributed by atoms with van der Waals surface area (Å²) >= 11 is 0. The quantitative estimate of drug-likeness (QED) is 0.153. The summed E-state index contributed by atoms with van der Waals surface area (Å²) in [6, 6.07) is 31.3. The highest BCUT2D eigenvalue weighted by atomic mass is 16.5. The first kappa shape index (κ1) is 26.4. The topological polar surface area (TPSA) is 69.9 Å². The molecule has 0 amide bonds. The van der Waals surface area contributed by atoms with Gasteiger partial charge in [0.25, 0.3) is 0 Å². The van der Waals surface area contributed by atoms with Gasteiger partial charge in [0, 0.05) is 11.3 Å². The largest absolute Gasteiger partial charge is 0.507 e. The minimum absolute atomic E-state index is 0.115. The summed E-state index contributed by atoms with van der Waals surface area (Å²) in [6.45, 7) is 4.37. The summed E-state index contributed by atoms with van der Waals surface area (Å²) in [5.41, 5.74) is 4.16. The molecule has 0 aliphatic carbocycles. The molecule has 37 heavy (non-hydrogen) atoms. The predicted molar refractivity (Wildman–Crippen MR) is 151 cm³/mol. The highest BCUT2D eigenvalue weighted by Crippen LogP contribution is 2.32. The lowest BCUT2D eigenvalue weighted by Crippen LogP contribution is -2.33. The fraction of sp³-hybridized carbons (Fsp3) is 0.212. The van der Waals surface area contributed by atoms with Crippen molar-refractivity contribution < 1.29 is 20.1 Å². The molecule has 3 atom stereocenters. The second kappa shape index (κ2) is 13.0. The third-order valence-electron chi connectivity index (χ3n) is 6.68. The van der Waals surface area contributed by atoms with Crippen molar-refractivity contribution in [1.29, 1.82) is 0 Å². The van der Waals surface area contributed by atoms with Gasteiger partial charge in [-0.3, -0.25) is 0 Å². The molecule has 4 rings (SSSR count). The summed E-state index contributed by atoms with van der Waals surface area (Å²) in [5, 5.41) is 33.8. The summed E-state index contributed by atoms with van der Waals surface area (Å²) in [7, 11) is 0. The van der Waals surface area contributed by atoms with Crippen molar-refractivity contribution >= 4 is 22.4 Å². The Balaban J connectivity index is 1.48. The summed E-state index contributed by atoms with van der Waals surface area (Å²) in [6.07, 6.45) is 3.14. The molecular formula is C33H34O4. The van der Waals surface area contributed by atoms with Crippen LogP contribution >= 0.6 is 0 Å². The molecule has 0 unspecified atom stereocenters. The van der Waals surface area contributed by atoms with E-state index in [0.717, 1.165) is 33.0 Å². The molecule has 0 saturated heterocycles. The summed E-state index contributed by atoms with van der Waals surface area (Å²) in [4.78, 5) is 0.